The number of benzene rings is 2. The summed E-state index contributed by atoms with van der Waals surface area (Å²) in [4.78, 5) is 24.8. The van der Waals surface area contributed by atoms with E-state index in [2.05, 4.69) is 26.0 Å². The Hall–Kier alpha value is -4.12. The van der Waals surface area contributed by atoms with Crippen LogP contribution in [0.4, 0.5) is 26.0 Å². The first kappa shape index (κ1) is 28.0. The predicted molar refractivity (Wildman–Crippen MR) is 157 cm³/mol. The van der Waals surface area contributed by atoms with Crippen LogP contribution in [0.1, 0.15) is 11.8 Å². The molecule has 2 aromatic carbocycles. The van der Waals surface area contributed by atoms with Gasteiger partial charge in [0.1, 0.15) is 33.8 Å². The number of thiazole rings is 1. The van der Waals surface area contributed by atoms with E-state index < -0.39 is 17.7 Å². The maximum atomic E-state index is 15.6. The summed E-state index contributed by atoms with van der Waals surface area (Å²) in [5.41, 5.74) is 4.03. The van der Waals surface area contributed by atoms with Gasteiger partial charge < -0.3 is 19.8 Å². The number of β-amino-alcohol motifs (C(OH)–C–C–N with tert-alkyl or cyclic N) is 1. The summed E-state index contributed by atoms with van der Waals surface area (Å²) in [6.07, 6.45) is -0.425. The Morgan fingerprint density at radius 1 is 1.19 bits per heavy atom. The van der Waals surface area contributed by atoms with Crippen LogP contribution >= 0.6 is 11.3 Å². The molecule has 42 heavy (non-hydrogen) atoms. The van der Waals surface area contributed by atoms with Gasteiger partial charge in [0.15, 0.2) is 5.82 Å². The number of hydrogen-bond acceptors (Lipinski definition) is 9. The lowest BCUT2D eigenvalue weighted by molar-refractivity contribution is -0.142. The molecule has 1 amide bonds. The molecule has 0 radical (unpaired) electrons. The van der Waals surface area contributed by atoms with Gasteiger partial charge in [0.2, 0.25) is 5.91 Å². The van der Waals surface area contributed by atoms with Gasteiger partial charge in [-0.15, -0.1) is 11.3 Å². The van der Waals surface area contributed by atoms with Gasteiger partial charge in [-0.25, -0.2) is 18.4 Å². The normalized spacial score (nSPS) is 16.1. The second-order valence-corrected chi connectivity index (χ2v) is 11.4. The van der Waals surface area contributed by atoms with Gasteiger partial charge in [0, 0.05) is 69.5 Å². The molecule has 13 heteroatoms. The number of amides is 1. The summed E-state index contributed by atoms with van der Waals surface area (Å²) in [6, 6.07) is 9.88. The highest BCUT2D eigenvalue weighted by Crippen LogP contribution is 2.40. The van der Waals surface area contributed by atoms with Crippen LogP contribution in [0.3, 0.4) is 0 Å². The predicted octanol–water partition coefficient (Wildman–Crippen LogP) is 3.42. The highest BCUT2D eigenvalue weighted by Gasteiger charge is 2.31. The maximum Gasteiger partial charge on any atom is 0.236 e. The number of hydrogen-bond donors (Lipinski definition) is 1. The topological polar surface area (TPSA) is 105 Å². The minimum atomic E-state index is -0.455. The zero-order valence-electron chi connectivity index (χ0n) is 23.3. The van der Waals surface area contributed by atoms with Gasteiger partial charge in [-0.05, 0) is 37.3 Å². The number of nitrogens with zero attached hydrogens (tertiary/aromatic N) is 8. The molecule has 2 aliphatic heterocycles. The molecule has 0 saturated carbocycles. The molecule has 2 saturated heterocycles. The van der Waals surface area contributed by atoms with Crippen LogP contribution in [0, 0.1) is 23.0 Å². The van der Waals surface area contributed by atoms with Crippen LogP contribution in [-0.2, 0) is 11.3 Å². The Morgan fingerprint density at radius 2 is 1.95 bits per heavy atom. The largest absolute Gasteiger partial charge is 0.389 e. The molecule has 10 nitrogen and oxygen atoms in total. The Balaban J connectivity index is 1.31. The number of piperazine rings is 1. The third-order valence-electron chi connectivity index (χ3n) is 7.93. The number of likely N-dealkylation sites (tertiary alicyclic amines) is 1. The van der Waals surface area contributed by atoms with Crippen molar-refractivity contribution < 1.29 is 18.7 Å². The minimum absolute atomic E-state index is 0.0112. The van der Waals surface area contributed by atoms with Crippen LogP contribution in [0.15, 0.2) is 35.8 Å². The number of aliphatic hydroxyl groups is 1. The fraction of sp³-hybridized carbons (Fsp3) is 0.379. The van der Waals surface area contributed by atoms with E-state index >= 15 is 4.39 Å². The fourth-order valence-corrected chi connectivity index (χ4v) is 6.24. The monoisotopic (exact) mass is 592 g/mol. The molecule has 1 N–H and O–H groups in total. The van der Waals surface area contributed by atoms with Gasteiger partial charge in [-0.2, -0.15) is 10.4 Å². The average molecular weight is 593 g/mol. The molecule has 2 aromatic heterocycles. The maximum absolute atomic E-state index is 15.6. The molecule has 0 unspecified atom stereocenters. The zero-order valence-corrected chi connectivity index (χ0v) is 24.1. The lowest BCUT2D eigenvalue weighted by Gasteiger charge is -2.39. The van der Waals surface area contributed by atoms with Gasteiger partial charge in [-0.1, -0.05) is 0 Å². The lowest BCUT2D eigenvalue weighted by Crippen LogP contribution is -2.57. The van der Waals surface area contributed by atoms with E-state index in [0.29, 0.717) is 91.1 Å². The average Bonchev–Trinajstić information content (AvgIpc) is 3.60. The zero-order chi connectivity index (χ0) is 29.5. The molecular formula is C29H30F2N8O2S. The number of anilines is 3. The first-order valence-electron chi connectivity index (χ1n) is 13.8. The number of aryl methyl sites for hydroxylation is 1. The van der Waals surface area contributed by atoms with Crippen molar-refractivity contribution in [2.75, 3.05) is 62.7 Å². The Kier molecular flexibility index (Phi) is 7.53. The second kappa shape index (κ2) is 11.3. The quantitative estimate of drug-likeness (QED) is 0.348. The summed E-state index contributed by atoms with van der Waals surface area (Å²) in [5.74, 6) is -0.300. The second-order valence-electron chi connectivity index (χ2n) is 10.5. The third kappa shape index (κ3) is 5.06. The van der Waals surface area contributed by atoms with E-state index in [9.17, 15) is 19.6 Å². The Labute approximate surface area is 245 Å². The molecule has 2 fully saturated rings. The van der Waals surface area contributed by atoms with Crippen LogP contribution in [-0.4, -0.2) is 94.5 Å². The van der Waals surface area contributed by atoms with Crippen molar-refractivity contribution in [3.63, 3.8) is 0 Å². The van der Waals surface area contributed by atoms with Crippen molar-refractivity contribution in [2.24, 2.45) is 0 Å². The first-order chi connectivity index (χ1) is 20.3. The standard InChI is InChI=1S/C29H30F2N8O2S/c1-3-39-29(35(2)24-10-18(30)4-5-21(24)28-25(13-32)42-17-33-28)22-11-19(12-23(31)27(22)34-39)37-8-6-36(7-9-37)16-26(41)38-14-20(40)15-38/h4-5,10-12,17,20,40H,3,6-9,14-16H2,1-2H3. The van der Waals surface area contributed by atoms with Crippen LogP contribution in [0.2, 0.25) is 0 Å². The summed E-state index contributed by atoms with van der Waals surface area (Å²) < 4.78 is 31.9. The summed E-state index contributed by atoms with van der Waals surface area (Å²) >= 11 is 1.21. The number of fused-ring (bicyclic) bond motifs is 1. The number of rotatable bonds is 7. The highest BCUT2D eigenvalue weighted by molar-refractivity contribution is 7.10. The van der Waals surface area contributed by atoms with E-state index in [0.717, 1.165) is 0 Å². The lowest BCUT2D eigenvalue weighted by atomic mass is 10.1. The van der Waals surface area contributed by atoms with Gasteiger partial charge in [-0.3, -0.25) is 9.69 Å². The Morgan fingerprint density at radius 3 is 2.64 bits per heavy atom. The van der Waals surface area contributed by atoms with Crippen molar-refractivity contribution in [3.05, 3.63) is 52.4 Å². The van der Waals surface area contributed by atoms with E-state index in [-0.39, 0.29) is 11.4 Å². The molecule has 6 rings (SSSR count). The summed E-state index contributed by atoms with van der Waals surface area (Å²) in [5, 5.41) is 24.2. The molecule has 2 aliphatic rings. The SMILES string of the molecule is CCn1nc2c(F)cc(N3CCN(CC(=O)N4CC(O)C4)CC3)cc2c1N(C)c1cc(F)ccc1-c1ncsc1C#N. The highest BCUT2D eigenvalue weighted by atomic mass is 32.1. The van der Waals surface area contributed by atoms with Crippen LogP contribution in [0.25, 0.3) is 22.2 Å². The van der Waals surface area contributed by atoms with E-state index in [1.54, 1.807) is 33.1 Å². The summed E-state index contributed by atoms with van der Waals surface area (Å²) in [7, 11) is 1.77. The molecule has 4 heterocycles. The smallest absolute Gasteiger partial charge is 0.236 e. The first-order valence-corrected chi connectivity index (χ1v) is 14.7. The minimum Gasteiger partial charge on any atom is -0.389 e. The van der Waals surface area contributed by atoms with Crippen molar-refractivity contribution >= 4 is 45.3 Å². The van der Waals surface area contributed by atoms with Crippen molar-refractivity contribution in [2.45, 2.75) is 19.6 Å². The molecular weight excluding hydrogens is 562 g/mol. The summed E-state index contributed by atoms with van der Waals surface area (Å²) in [6.45, 7) is 5.95. The Bertz CT molecular complexity index is 1680. The van der Waals surface area contributed by atoms with Crippen LogP contribution in [0.5, 0.6) is 0 Å². The number of halogens is 2. The molecule has 218 valence electrons. The number of aliphatic hydroxyl groups excluding tert-OH is 1. The molecule has 0 atom stereocenters. The number of carbonyl (C=O) groups excluding carboxylic acids is 1. The van der Waals surface area contributed by atoms with Crippen LogP contribution < -0.4 is 9.80 Å². The number of nitriles is 1. The fourth-order valence-electron chi connectivity index (χ4n) is 5.65. The van der Waals surface area contributed by atoms with Crippen molar-refractivity contribution in [1.82, 2.24) is 24.6 Å². The van der Waals surface area contributed by atoms with E-state index in [4.69, 9.17) is 0 Å². The molecule has 0 spiro atoms. The number of carbonyl (C=O) groups is 1. The molecule has 0 aliphatic carbocycles. The third-order valence-corrected chi connectivity index (χ3v) is 8.66. The van der Waals surface area contributed by atoms with Crippen molar-refractivity contribution in [1.29, 1.82) is 5.26 Å². The van der Waals surface area contributed by atoms with E-state index in [1.807, 2.05) is 13.0 Å². The molecule has 4 aromatic rings. The number of aromatic nitrogens is 3. The van der Waals surface area contributed by atoms with Crippen molar-refractivity contribution in [3.8, 4) is 17.3 Å². The van der Waals surface area contributed by atoms with Gasteiger partial charge in [0.25, 0.3) is 0 Å². The van der Waals surface area contributed by atoms with Gasteiger partial charge in [0.05, 0.1) is 23.8 Å². The molecule has 0 bridgehead atoms. The van der Waals surface area contributed by atoms with E-state index in [1.165, 1.54) is 29.5 Å². The van der Waals surface area contributed by atoms with Gasteiger partial charge >= 0.3 is 0 Å².